The Morgan fingerprint density at radius 1 is 0.754 bits per heavy atom. The molecule has 0 bridgehead atoms. The normalized spacial score (nSPS) is 12.8. The van der Waals surface area contributed by atoms with Crippen molar-refractivity contribution in [2.24, 2.45) is 0 Å². The highest BCUT2D eigenvalue weighted by atomic mass is 31.2. The van der Waals surface area contributed by atoms with Gasteiger partial charge in [-0.15, -0.1) is 0 Å². The predicted octanol–water partition coefficient (Wildman–Crippen LogP) is 4.33. The second-order valence-corrected chi connectivity index (χ2v) is 15.2. The van der Waals surface area contributed by atoms with Gasteiger partial charge in [-0.05, 0) is 50.3 Å². The monoisotopic (exact) mass is 834 g/mol. The maximum atomic E-state index is 12.9. The maximum absolute atomic E-state index is 12.9. The fourth-order valence-corrected chi connectivity index (χ4v) is 6.07. The average molecular weight is 835 g/mol. The molecule has 0 saturated carbocycles. The number of nitrogens with one attached hydrogen (secondary N) is 4. The van der Waals surface area contributed by atoms with E-state index >= 15 is 0 Å². The van der Waals surface area contributed by atoms with E-state index < -0.39 is 43.6 Å². The molecule has 0 fully saturated rings. The van der Waals surface area contributed by atoms with Gasteiger partial charge in [0, 0.05) is 50.6 Å². The predicted molar refractivity (Wildman–Crippen MR) is 208 cm³/mol. The lowest BCUT2D eigenvalue weighted by atomic mass is 9.78. The molecule has 57 heavy (non-hydrogen) atoms. The molecule has 326 valence electrons. The Bertz CT molecular complexity index is 1430. The number of ether oxygens (including phenoxy) is 6. The molecule has 4 amide bonds. The summed E-state index contributed by atoms with van der Waals surface area (Å²) in [6, 6.07) is 3.76. The molecular weight excluding hydrogens is 771 g/mol. The van der Waals surface area contributed by atoms with E-state index in [1.54, 1.807) is 6.07 Å². The first kappa shape index (κ1) is 51.0. The molecule has 19 nitrogen and oxygen atoms in total. The number of methoxy groups -OCH3 is 2. The van der Waals surface area contributed by atoms with E-state index in [4.69, 9.17) is 23.5 Å². The first-order valence-corrected chi connectivity index (χ1v) is 20.4. The van der Waals surface area contributed by atoms with Crippen molar-refractivity contribution in [1.29, 1.82) is 0 Å². The van der Waals surface area contributed by atoms with E-state index in [-0.39, 0.29) is 77.8 Å². The number of rotatable bonds is 29. The first-order valence-electron chi connectivity index (χ1n) is 18.9. The summed E-state index contributed by atoms with van der Waals surface area (Å²) in [5.74, 6) is -0.230. The van der Waals surface area contributed by atoms with Crippen LogP contribution < -0.4 is 26.0 Å². The van der Waals surface area contributed by atoms with Gasteiger partial charge in [0.1, 0.15) is 11.9 Å². The third kappa shape index (κ3) is 23.7. The van der Waals surface area contributed by atoms with Crippen LogP contribution in [0.3, 0.4) is 0 Å². The van der Waals surface area contributed by atoms with E-state index in [1.165, 1.54) is 14.2 Å². The van der Waals surface area contributed by atoms with Crippen LogP contribution in [0.2, 0.25) is 0 Å². The number of aryl methyl sites for hydroxylation is 2. The fraction of sp³-hybridized carbons (Fsp3) is 0.703. The van der Waals surface area contributed by atoms with Crippen LogP contribution in [0.4, 0.5) is 14.4 Å². The van der Waals surface area contributed by atoms with Gasteiger partial charge < -0.3 is 54.6 Å². The molecule has 20 heteroatoms. The molecule has 1 aromatic carbocycles. The van der Waals surface area contributed by atoms with Crippen molar-refractivity contribution in [1.82, 2.24) is 21.3 Å². The smallest absolute Gasteiger partial charge is 0.469 e. The summed E-state index contributed by atoms with van der Waals surface area (Å²) in [5.41, 5.74) is 1.90. The van der Waals surface area contributed by atoms with Gasteiger partial charge in [0.05, 0.1) is 53.8 Å². The number of hydrogen-bond acceptors (Lipinski definition) is 14. The molecule has 0 spiro atoms. The van der Waals surface area contributed by atoms with Gasteiger partial charge in [0.15, 0.2) is 0 Å². The van der Waals surface area contributed by atoms with Gasteiger partial charge in [-0.1, -0.05) is 39.2 Å². The van der Waals surface area contributed by atoms with Crippen LogP contribution in [0.5, 0.6) is 5.75 Å². The Morgan fingerprint density at radius 2 is 1.39 bits per heavy atom. The van der Waals surface area contributed by atoms with Gasteiger partial charge in [-0.25, -0.2) is 18.9 Å². The Morgan fingerprint density at radius 3 is 2.02 bits per heavy atom. The average Bonchev–Trinajstić information content (AvgIpc) is 3.14. The molecule has 2 atom stereocenters. The number of carbonyl (C=O) groups excluding carboxylic acids is 5. The second kappa shape index (κ2) is 28.4. The zero-order valence-corrected chi connectivity index (χ0v) is 35.3. The van der Waals surface area contributed by atoms with Gasteiger partial charge in [0.2, 0.25) is 5.91 Å². The molecule has 2 unspecified atom stereocenters. The first-order chi connectivity index (χ1) is 27.0. The third-order valence-corrected chi connectivity index (χ3v) is 9.26. The van der Waals surface area contributed by atoms with Crippen LogP contribution in [-0.2, 0) is 52.3 Å². The number of esters is 1. The van der Waals surface area contributed by atoms with Crippen molar-refractivity contribution in [3.63, 3.8) is 0 Å². The Balaban J connectivity index is 2.38. The number of amides is 4. The highest BCUT2D eigenvalue weighted by molar-refractivity contribution is 7.47. The van der Waals surface area contributed by atoms with Crippen molar-refractivity contribution in [2.45, 2.75) is 90.6 Å². The maximum Gasteiger partial charge on any atom is 0.471 e. The minimum absolute atomic E-state index is 0.00881. The number of unbranched alkanes of at least 4 members (excludes halogenated alkanes) is 4. The SMILES string of the molecule is COC(=O)CCC(CNC(=O)OC)OC(=O)NCCOCCOCCNC(=O)Oc1cc(C)cc(C)c1C(C)(C)CC(=O)NCCCCCCCOP(=O)(O)OC. The zero-order valence-electron chi connectivity index (χ0n) is 34.4. The van der Waals surface area contributed by atoms with Crippen LogP contribution in [0.25, 0.3) is 0 Å². The number of carbonyl (C=O) groups is 5. The summed E-state index contributed by atoms with van der Waals surface area (Å²) < 4.78 is 51.5. The van der Waals surface area contributed by atoms with E-state index in [0.717, 1.165) is 49.5 Å². The summed E-state index contributed by atoms with van der Waals surface area (Å²) in [7, 11) is -0.374. The van der Waals surface area contributed by atoms with Gasteiger partial charge in [-0.3, -0.25) is 18.6 Å². The van der Waals surface area contributed by atoms with Crippen LogP contribution in [0.15, 0.2) is 12.1 Å². The largest absolute Gasteiger partial charge is 0.471 e. The molecule has 0 radical (unpaired) electrons. The van der Waals surface area contributed by atoms with Gasteiger partial charge in [-0.2, -0.15) is 0 Å². The summed E-state index contributed by atoms with van der Waals surface area (Å²) in [6.45, 7) is 9.41. The molecule has 1 rings (SSSR count). The quantitative estimate of drug-likeness (QED) is 0.0327. The van der Waals surface area contributed by atoms with E-state index in [1.807, 2.05) is 33.8 Å². The van der Waals surface area contributed by atoms with E-state index in [0.29, 0.717) is 18.7 Å². The third-order valence-electron chi connectivity index (χ3n) is 8.29. The van der Waals surface area contributed by atoms with Crippen LogP contribution in [0.1, 0.15) is 81.9 Å². The topological polar surface area (TPSA) is 245 Å². The number of hydrogen-bond donors (Lipinski definition) is 5. The Labute approximate surface area is 335 Å². The number of phosphoric acid groups is 1. The summed E-state index contributed by atoms with van der Waals surface area (Å²) in [5, 5.41) is 10.6. The number of alkyl carbamates (subject to hydrolysis) is 2. The lowest BCUT2D eigenvalue weighted by Gasteiger charge is -2.29. The van der Waals surface area contributed by atoms with Crippen molar-refractivity contribution in [3.8, 4) is 5.75 Å². The second-order valence-electron chi connectivity index (χ2n) is 13.6. The van der Waals surface area contributed by atoms with Crippen LogP contribution in [0, 0.1) is 13.8 Å². The van der Waals surface area contributed by atoms with Crippen LogP contribution in [-0.4, -0.2) is 122 Å². The van der Waals surface area contributed by atoms with E-state index in [2.05, 4.69) is 35.3 Å². The number of benzene rings is 1. The highest BCUT2D eigenvalue weighted by Gasteiger charge is 2.30. The molecule has 0 heterocycles. The van der Waals surface area contributed by atoms with Gasteiger partial charge in [0.25, 0.3) is 0 Å². The summed E-state index contributed by atoms with van der Waals surface area (Å²) >= 11 is 0. The molecule has 1 aromatic rings. The lowest BCUT2D eigenvalue weighted by molar-refractivity contribution is -0.141. The minimum Gasteiger partial charge on any atom is -0.469 e. The molecule has 0 aromatic heterocycles. The Hall–Kier alpha value is -4.00. The molecule has 0 aliphatic heterocycles. The standard InChI is InChI=1S/C37H63N4O15P/c1-27-23-28(2)33(37(3,4)25-31(42)38-15-11-9-8-10-12-18-54-57(47,48)51-7)30(24-27)56-36(46)40-17-20-53-22-21-52-19-16-39-35(45)55-29(13-14-32(43)49-5)26-41-34(44)50-6/h23-24,29H,8-22,25-26H2,1-7H3,(H,38,42)(H,39,45)(H,40,46)(H,41,44)(H,47,48). The van der Waals surface area contributed by atoms with Crippen molar-refractivity contribution in [3.05, 3.63) is 28.8 Å². The summed E-state index contributed by atoms with van der Waals surface area (Å²) in [6.07, 6.45) is 1.42. The molecule has 0 saturated heterocycles. The minimum atomic E-state index is -3.94. The highest BCUT2D eigenvalue weighted by Crippen LogP contribution is 2.42. The molecular formula is C37H63N4O15P. The Kier molecular flexibility index (Phi) is 25.4. The number of phosphoric ester groups is 1. The van der Waals surface area contributed by atoms with Crippen molar-refractivity contribution < 1.29 is 70.9 Å². The van der Waals surface area contributed by atoms with Gasteiger partial charge >= 0.3 is 32.1 Å². The molecule has 0 aliphatic carbocycles. The lowest BCUT2D eigenvalue weighted by Crippen LogP contribution is -2.38. The summed E-state index contributed by atoms with van der Waals surface area (Å²) in [4.78, 5) is 69.9. The van der Waals surface area contributed by atoms with E-state index in [9.17, 15) is 33.4 Å². The van der Waals surface area contributed by atoms with Crippen molar-refractivity contribution >= 4 is 38.0 Å². The van der Waals surface area contributed by atoms with Crippen molar-refractivity contribution in [2.75, 3.05) is 80.5 Å². The zero-order chi connectivity index (χ0) is 42.7. The van der Waals surface area contributed by atoms with Crippen LogP contribution >= 0.6 is 7.82 Å². The fourth-order valence-electron chi connectivity index (χ4n) is 5.60. The molecule has 5 N–H and O–H groups in total. The molecule has 0 aliphatic rings.